The predicted octanol–water partition coefficient (Wildman–Crippen LogP) is 4.05. The van der Waals surface area contributed by atoms with E-state index < -0.39 is 0 Å². The number of ketones is 1. The molecule has 9 heteroatoms. The number of imidazole rings is 1. The van der Waals surface area contributed by atoms with Gasteiger partial charge in [0.25, 0.3) is 0 Å². The van der Waals surface area contributed by atoms with Gasteiger partial charge in [0, 0.05) is 30.1 Å². The smallest absolute Gasteiger partial charge is 0.206 e. The van der Waals surface area contributed by atoms with Gasteiger partial charge in [0.1, 0.15) is 28.0 Å². The fraction of sp³-hybridized carbons (Fsp3) is 0.136. The van der Waals surface area contributed by atoms with E-state index in [1.54, 1.807) is 43.8 Å². The first-order valence-electron chi connectivity index (χ1n) is 9.55. The van der Waals surface area contributed by atoms with Crippen molar-refractivity contribution in [1.29, 1.82) is 0 Å². The molecule has 0 aliphatic rings. The van der Waals surface area contributed by atoms with E-state index in [1.807, 2.05) is 24.3 Å². The summed E-state index contributed by atoms with van der Waals surface area (Å²) in [6, 6.07) is 14.4. The Morgan fingerprint density at radius 1 is 1.19 bits per heavy atom. The molecule has 0 unspecified atom stereocenters. The van der Waals surface area contributed by atoms with Gasteiger partial charge in [-0.15, -0.1) is 0 Å². The molecule has 0 radical (unpaired) electrons. The largest absolute Gasteiger partial charge is 0.497 e. The summed E-state index contributed by atoms with van der Waals surface area (Å²) < 4.78 is 10.9. The van der Waals surface area contributed by atoms with E-state index in [9.17, 15) is 4.79 Å². The molecule has 0 atom stereocenters. The molecule has 0 spiro atoms. The van der Waals surface area contributed by atoms with E-state index in [2.05, 4.69) is 20.3 Å². The van der Waals surface area contributed by atoms with E-state index in [-0.39, 0.29) is 11.6 Å². The predicted molar refractivity (Wildman–Crippen MR) is 120 cm³/mol. The summed E-state index contributed by atoms with van der Waals surface area (Å²) in [4.78, 5) is 24.7. The quantitative estimate of drug-likeness (QED) is 0.340. The number of ether oxygens (including phenoxy) is 2. The number of anilines is 3. The van der Waals surface area contributed by atoms with Crippen molar-refractivity contribution in [2.75, 3.05) is 24.8 Å². The monoisotopic (exact) mass is 435 g/mol. The average Bonchev–Trinajstić information content (AvgIpc) is 3.44. The molecule has 0 fully saturated rings. The van der Waals surface area contributed by atoms with Crippen LogP contribution in [0.15, 0.2) is 60.9 Å². The molecule has 0 saturated carbocycles. The van der Waals surface area contributed by atoms with Crippen molar-refractivity contribution in [3.63, 3.8) is 0 Å². The van der Waals surface area contributed by atoms with Gasteiger partial charge in [-0.3, -0.25) is 4.79 Å². The summed E-state index contributed by atoms with van der Waals surface area (Å²) in [5.74, 6) is 2.25. The number of rotatable bonds is 9. The number of methoxy groups -OCH3 is 1. The van der Waals surface area contributed by atoms with Crippen LogP contribution in [0.5, 0.6) is 11.5 Å². The Morgan fingerprint density at radius 2 is 2.03 bits per heavy atom. The summed E-state index contributed by atoms with van der Waals surface area (Å²) in [7, 11) is 1.56. The molecule has 2 aromatic heterocycles. The molecule has 0 aliphatic carbocycles. The van der Waals surface area contributed by atoms with Crippen molar-refractivity contribution in [2.45, 2.75) is 6.42 Å². The molecule has 0 aliphatic heterocycles. The van der Waals surface area contributed by atoms with Crippen molar-refractivity contribution in [3.05, 3.63) is 77.2 Å². The van der Waals surface area contributed by atoms with Crippen LogP contribution in [0.3, 0.4) is 0 Å². The third kappa shape index (κ3) is 5.01. The zero-order valence-electron chi connectivity index (χ0n) is 16.8. The lowest BCUT2D eigenvalue weighted by atomic mass is 10.1. The standard InChI is InChI=1S/C22H21N5O3S/c1-29-17-4-2-3-14(13-17)19(28)20-21(23)27-22(31-20)26-15-5-7-16(8-6-15)30-12-9-18-24-10-11-25-18/h2-8,10-11,13H,9,12,23H2,1H3,(H,24,25)(H,26,27). The number of hydrogen-bond acceptors (Lipinski definition) is 8. The number of hydrogen-bond donors (Lipinski definition) is 3. The number of nitrogens with one attached hydrogen (secondary N) is 2. The normalized spacial score (nSPS) is 10.6. The van der Waals surface area contributed by atoms with E-state index in [0.717, 1.165) is 17.3 Å². The highest BCUT2D eigenvalue weighted by Gasteiger charge is 2.18. The lowest BCUT2D eigenvalue weighted by Gasteiger charge is -2.07. The van der Waals surface area contributed by atoms with Crippen LogP contribution in [0.2, 0.25) is 0 Å². The second-order valence-electron chi connectivity index (χ2n) is 6.58. The van der Waals surface area contributed by atoms with Crippen LogP contribution in [0, 0.1) is 0 Å². The van der Waals surface area contributed by atoms with E-state index in [4.69, 9.17) is 15.2 Å². The fourth-order valence-corrected chi connectivity index (χ4v) is 3.77. The molecule has 31 heavy (non-hydrogen) atoms. The van der Waals surface area contributed by atoms with Crippen molar-refractivity contribution in [3.8, 4) is 11.5 Å². The van der Waals surface area contributed by atoms with Gasteiger partial charge in [-0.25, -0.2) is 9.97 Å². The molecule has 0 amide bonds. The van der Waals surface area contributed by atoms with Gasteiger partial charge in [0.15, 0.2) is 5.13 Å². The van der Waals surface area contributed by atoms with Crippen molar-refractivity contribution in [1.82, 2.24) is 15.0 Å². The van der Waals surface area contributed by atoms with Gasteiger partial charge >= 0.3 is 0 Å². The maximum Gasteiger partial charge on any atom is 0.206 e. The molecular formula is C22H21N5O3S. The minimum atomic E-state index is -0.192. The van der Waals surface area contributed by atoms with Gasteiger partial charge in [0.2, 0.25) is 5.78 Å². The highest BCUT2D eigenvalue weighted by atomic mass is 32.1. The minimum Gasteiger partial charge on any atom is -0.497 e. The second kappa shape index (κ2) is 9.31. The van der Waals surface area contributed by atoms with Gasteiger partial charge in [0.05, 0.1) is 13.7 Å². The SMILES string of the molecule is COc1cccc(C(=O)c2sc(Nc3ccc(OCCc4ncc[nH]4)cc3)nc2N)c1. The van der Waals surface area contributed by atoms with Gasteiger partial charge in [-0.2, -0.15) is 0 Å². The van der Waals surface area contributed by atoms with Crippen LogP contribution in [-0.4, -0.2) is 34.5 Å². The second-order valence-corrected chi connectivity index (χ2v) is 7.58. The highest BCUT2D eigenvalue weighted by molar-refractivity contribution is 7.18. The lowest BCUT2D eigenvalue weighted by Crippen LogP contribution is -2.02. The Bertz CT molecular complexity index is 1160. The summed E-state index contributed by atoms with van der Waals surface area (Å²) >= 11 is 1.21. The Balaban J connectivity index is 1.38. The number of benzene rings is 2. The van der Waals surface area contributed by atoms with Crippen molar-refractivity contribution >= 4 is 33.8 Å². The highest BCUT2D eigenvalue weighted by Crippen LogP contribution is 2.30. The molecule has 158 valence electrons. The van der Waals surface area contributed by atoms with Gasteiger partial charge < -0.3 is 25.5 Å². The molecule has 0 bridgehead atoms. The first-order valence-corrected chi connectivity index (χ1v) is 10.4. The van der Waals surface area contributed by atoms with E-state index in [1.165, 1.54) is 11.3 Å². The Kier molecular flexibility index (Phi) is 6.13. The third-order valence-electron chi connectivity index (χ3n) is 4.46. The number of nitrogen functional groups attached to an aromatic ring is 1. The van der Waals surface area contributed by atoms with Crippen molar-refractivity contribution in [2.24, 2.45) is 0 Å². The number of aromatic amines is 1. The van der Waals surface area contributed by atoms with Crippen LogP contribution < -0.4 is 20.5 Å². The van der Waals surface area contributed by atoms with Crippen LogP contribution in [0.25, 0.3) is 0 Å². The van der Waals surface area contributed by atoms with Crippen LogP contribution >= 0.6 is 11.3 Å². The Morgan fingerprint density at radius 3 is 2.77 bits per heavy atom. The molecule has 4 N–H and O–H groups in total. The van der Waals surface area contributed by atoms with Crippen molar-refractivity contribution < 1.29 is 14.3 Å². The molecule has 0 saturated heterocycles. The average molecular weight is 436 g/mol. The zero-order chi connectivity index (χ0) is 21.6. The lowest BCUT2D eigenvalue weighted by molar-refractivity contribution is 0.104. The number of H-pyrrole nitrogens is 1. The zero-order valence-corrected chi connectivity index (χ0v) is 17.6. The summed E-state index contributed by atoms with van der Waals surface area (Å²) in [5.41, 5.74) is 7.31. The maximum absolute atomic E-state index is 12.8. The van der Waals surface area contributed by atoms with E-state index >= 15 is 0 Å². The number of nitrogens with two attached hydrogens (primary N) is 1. The molecule has 2 heterocycles. The Labute approximate surface area is 183 Å². The summed E-state index contributed by atoms with van der Waals surface area (Å²) in [6.07, 6.45) is 4.21. The minimum absolute atomic E-state index is 0.192. The van der Waals surface area contributed by atoms with Gasteiger partial charge in [-0.1, -0.05) is 23.5 Å². The summed E-state index contributed by atoms with van der Waals surface area (Å²) in [6.45, 7) is 0.527. The molecular weight excluding hydrogens is 414 g/mol. The third-order valence-corrected chi connectivity index (χ3v) is 5.44. The topological polar surface area (TPSA) is 115 Å². The molecule has 2 aromatic carbocycles. The van der Waals surface area contributed by atoms with Crippen LogP contribution in [0.1, 0.15) is 21.1 Å². The number of carbonyl (C=O) groups excluding carboxylic acids is 1. The number of thiazole rings is 1. The van der Waals surface area contributed by atoms with Crippen LogP contribution in [0.4, 0.5) is 16.6 Å². The maximum atomic E-state index is 12.8. The first kappa shape index (κ1) is 20.4. The van der Waals surface area contributed by atoms with Crippen LogP contribution in [-0.2, 0) is 6.42 Å². The first-order chi connectivity index (χ1) is 15.1. The molecule has 4 rings (SSSR count). The summed E-state index contributed by atoms with van der Waals surface area (Å²) in [5, 5.41) is 3.72. The number of aromatic nitrogens is 3. The number of carbonyl (C=O) groups is 1. The number of nitrogens with zero attached hydrogens (tertiary/aromatic N) is 2. The molecule has 8 nitrogen and oxygen atoms in total. The fourth-order valence-electron chi connectivity index (χ4n) is 2.90. The van der Waals surface area contributed by atoms with Gasteiger partial charge in [-0.05, 0) is 36.4 Å². The Hall–Kier alpha value is -3.85. The van der Waals surface area contributed by atoms with E-state index in [0.29, 0.717) is 34.3 Å². The molecule has 4 aromatic rings.